The molecular formula is C21H25FN6O2S. The lowest BCUT2D eigenvalue weighted by atomic mass is 10.1. The first-order valence-electron chi connectivity index (χ1n) is 10.1. The van der Waals surface area contributed by atoms with Gasteiger partial charge < -0.3 is 0 Å². The molecule has 1 saturated heterocycles. The lowest BCUT2D eigenvalue weighted by molar-refractivity contribution is 0.177. The van der Waals surface area contributed by atoms with Crippen LogP contribution in [0.1, 0.15) is 22.5 Å². The zero-order valence-corrected chi connectivity index (χ0v) is 18.6. The van der Waals surface area contributed by atoms with Gasteiger partial charge in [0, 0.05) is 26.2 Å². The van der Waals surface area contributed by atoms with Crippen molar-refractivity contribution in [3.63, 3.8) is 0 Å². The van der Waals surface area contributed by atoms with E-state index in [-0.39, 0.29) is 5.82 Å². The fourth-order valence-corrected chi connectivity index (χ4v) is 5.98. The summed E-state index contributed by atoms with van der Waals surface area (Å²) in [6.45, 7) is 7.98. The standard InChI is InChI=1S/C21H25FN6O2S/c1-15-11-16(2)21(17(3)12-15)31(29,30)27-9-7-26(8-10-27)14-20-23-24-25-28(20)19-6-4-5-18(22)13-19/h4-6,11-13H,7-10,14H2,1-3H3. The number of nitrogens with zero attached hydrogens (tertiary/aromatic N) is 6. The molecule has 1 aliphatic heterocycles. The molecule has 0 aliphatic carbocycles. The molecule has 31 heavy (non-hydrogen) atoms. The summed E-state index contributed by atoms with van der Waals surface area (Å²) in [7, 11) is -3.56. The van der Waals surface area contributed by atoms with Crippen molar-refractivity contribution in [1.82, 2.24) is 29.4 Å². The Bertz CT molecular complexity index is 1180. The number of hydrogen-bond donors (Lipinski definition) is 0. The minimum Gasteiger partial charge on any atom is -0.293 e. The first-order chi connectivity index (χ1) is 14.8. The summed E-state index contributed by atoms with van der Waals surface area (Å²) in [5, 5.41) is 11.8. The van der Waals surface area contributed by atoms with Gasteiger partial charge in [0.1, 0.15) is 5.82 Å². The first kappa shape index (κ1) is 21.5. The molecule has 0 N–H and O–H groups in total. The number of sulfonamides is 1. The molecule has 0 spiro atoms. The molecule has 8 nitrogen and oxygen atoms in total. The Balaban J connectivity index is 1.46. The van der Waals surface area contributed by atoms with Crippen molar-refractivity contribution >= 4 is 10.0 Å². The molecule has 0 amide bonds. The Hall–Kier alpha value is -2.69. The molecule has 0 atom stereocenters. The summed E-state index contributed by atoms with van der Waals surface area (Å²) in [4.78, 5) is 2.50. The van der Waals surface area contributed by atoms with Crippen LogP contribution in [0.5, 0.6) is 0 Å². The number of benzene rings is 2. The lowest BCUT2D eigenvalue weighted by Gasteiger charge is -2.34. The number of aromatic nitrogens is 4. The summed E-state index contributed by atoms with van der Waals surface area (Å²) in [5.74, 6) is 0.214. The van der Waals surface area contributed by atoms with Crippen LogP contribution in [0.15, 0.2) is 41.3 Å². The van der Waals surface area contributed by atoms with Crippen LogP contribution in [0.4, 0.5) is 4.39 Å². The monoisotopic (exact) mass is 444 g/mol. The Labute approximate surface area is 181 Å². The third-order valence-corrected chi connectivity index (χ3v) is 7.69. The van der Waals surface area contributed by atoms with Crippen LogP contribution >= 0.6 is 0 Å². The maximum atomic E-state index is 13.6. The van der Waals surface area contributed by atoms with E-state index in [4.69, 9.17) is 0 Å². The quantitative estimate of drug-likeness (QED) is 0.600. The first-order valence-corrected chi connectivity index (χ1v) is 11.5. The van der Waals surface area contributed by atoms with E-state index >= 15 is 0 Å². The van der Waals surface area contributed by atoms with Gasteiger partial charge in [0.25, 0.3) is 0 Å². The van der Waals surface area contributed by atoms with Gasteiger partial charge in [-0.3, -0.25) is 4.90 Å². The van der Waals surface area contributed by atoms with Crippen molar-refractivity contribution in [3.05, 3.63) is 64.7 Å². The van der Waals surface area contributed by atoms with Crippen LogP contribution in [-0.2, 0) is 16.6 Å². The summed E-state index contributed by atoms with van der Waals surface area (Å²) < 4.78 is 43.2. The van der Waals surface area contributed by atoms with Crippen LogP contribution in [-0.4, -0.2) is 64.0 Å². The van der Waals surface area contributed by atoms with Crippen LogP contribution in [0.25, 0.3) is 5.69 Å². The largest absolute Gasteiger partial charge is 0.293 e. The van der Waals surface area contributed by atoms with Crippen LogP contribution in [0.2, 0.25) is 0 Å². The fourth-order valence-electron chi connectivity index (χ4n) is 4.14. The number of halogens is 1. The molecule has 1 aromatic heterocycles. The minimum absolute atomic E-state index is 0.362. The number of aryl methyl sites for hydroxylation is 3. The average Bonchev–Trinajstić information content (AvgIpc) is 3.15. The van der Waals surface area contributed by atoms with Gasteiger partial charge in [-0.2, -0.15) is 8.99 Å². The van der Waals surface area contributed by atoms with E-state index in [0.717, 1.165) is 16.7 Å². The smallest absolute Gasteiger partial charge is 0.243 e. The van der Waals surface area contributed by atoms with E-state index in [1.165, 1.54) is 16.8 Å². The molecule has 3 aromatic rings. The molecule has 0 radical (unpaired) electrons. The maximum Gasteiger partial charge on any atom is 0.243 e. The maximum absolute atomic E-state index is 13.6. The molecular weight excluding hydrogens is 419 g/mol. The molecule has 1 fully saturated rings. The van der Waals surface area contributed by atoms with E-state index in [0.29, 0.717) is 49.1 Å². The number of hydrogen-bond acceptors (Lipinski definition) is 6. The van der Waals surface area contributed by atoms with Gasteiger partial charge >= 0.3 is 0 Å². The second-order valence-corrected chi connectivity index (χ2v) is 9.77. The van der Waals surface area contributed by atoms with Crippen molar-refractivity contribution in [2.45, 2.75) is 32.2 Å². The van der Waals surface area contributed by atoms with Gasteiger partial charge in [0.2, 0.25) is 10.0 Å². The van der Waals surface area contributed by atoms with Crippen molar-refractivity contribution in [2.75, 3.05) is 26.2 Å². The van der Waals surface area contributed by atoms with E-state index in [1.807, 2.05) is 32.9 Å². The van der Waals surface area contributed by atoms with Gasteiger partial charge in [0.15, 0.2) is 5.82 Å². The summed E-state index contributed by atoms with van der Waals surface area (Å²) in [5.41, 5.74) is 3.14. The summed E-state index contributed by atoms with van der Waals surface area (Å²) in [6, 6.07) is 9.89. The predicted molar refractivity (Wildman–Crippen MR) is 114 cm³/mol. The molecule has 2 aromatic carbocycles. The normalized spacial score (nSPS) is 16.0. The Morgan fingerprint density at radius 3 is 2.32 bits per heavy atom. The van der Waals surface area contributed by atoms with Crippen LogP contribution in [0, 0.1) is 26.6 Å². The number of rotatable bonds is 5. The van der Waals surface area contributed by atoms with Gasteiger partial charge in [0.05, 0.1) is 17.1 Å². The van der Waals surface area contributed by atoms with E-state index in [9.17, 15) is 12.8 Å². The summed E-state index contributed by atoms with van der Waals surface area (Å²) >= 11 is 0. The molecule has 0 saturated carbocycles. The Kier molecular flexibility index (Phi) is 5.87. The topological polar surface area (TPSA) is 84.2 Å². The highest BCUT2D eigenvalue weighted by Crippen LogP contribution is 2.26. The highest BCUT2D eigenvalue weighted by Gasteiger charge is 2.31. The Morgan fingerprint density at radius 1 is 1.00 bits per heavy atom. The minimum atomic E-state index is -3.56. The highest BCUT2D eigenvalue weighted by atomic mass is 32.2. The van der Waals surface area contributed by atoms with Gasteiger partial charge in [-0.15, -0.1) is 5.10 Å². The van der Waals surface area contributed by atoms with E-state index in [1.54, 1.807) is 16.4 Å². The average molecular weight is 445 g/mol. The third kappa shape index (κ3) is 4.36. The van der Waals surface area contributed by atoms with Gasteiger partial charge in [-0.05, 0) is 60.5 Å². The van der Waals surface area contributed by atoms with Gasteiger partial charge in [-0.1, -0.05) is 23.8 Å². The van der Waals surface area contributed by atoms with E-state index < -0.39 is 10.0 Å². The zero-order chi connectivity index (χ0) is 22.2. The van der Waals surface area contributed by atoms with Crippen LogP contribution < -0.4 is 0 Å². The zero-order valence-electron chi connectivity index (χ0n) is 17.8. The second kappa shape index (κ2) is 8.45. The highest BCUT2D eigenvalue weighted by molar-refractivity contribution is 7.89. The fraction of sp³-hybridized carbons (Fsp3) is 0.381. The molecule has 0 bridgehead atoms. The summed E-state index contributed by atoms with van der Waals surface area (Å²) in [6.07, 6.45) is 0. The number of piperazine rings is 1. The Morgan fingerprint density at radius 2 is 1.68 bits per heavy atom. The molecule has 2 heterocycles. The SMILES string of the molecule is Cc1cc(C)c(S(=O)(=O)N2CCN(Cc3nnnn3-c3cccc(F)c3)CC2)c(C)c1. The van der Waals surface area contributed by atoms with Crippen LogP contribution in [0.3, 0.4) is 0 Å². The third-order valence-electron chi connectivity index (χ3n) is 5.49. The molecule has 4 rings (SSSR count). The van der Waals surface area contributed by atoms with Crippen molar-refractivity contribution in [3.8, 4) is 5.69 Å². The van der Waals surface area contributed by atoms with Crippen molar-refractivity contribution in [2.24, 2.45) is 0 Å². The molecule has 10 heteroatoms. The van der Waals surface area contributed by atoms with E-state index in [2.05, 4.69) is 20.4 Å². The van der Waals surface area contributed by atoms with Crippen molar-refractivity contribution < 1.29 is 12.8 Å². The molecule has 1 aliphatic rings. The molecule has 0 unspecified atom stereocenters. The number of tetrazole rings is 1. The lowest BCUT2D eigenvalue weighted by Crippen LogP contribution is -2.48. The second-order valence-electron chi connectivity index (χ2n) is 7.89. The van der Waals surface area contributed by atoms with Gasteiger partial charge in [-0.25, -0.2) is 12.8 Å². The van der Waals surface area contributed by atoms with Crippen molar-refractivity contribution in [1.29, 1.82) is 0 Å². The molecule has 164 valence electrons. The predicted octanol–water partition coefficient (Wildman–Crippen LogP) is 2.23.